The van der Waals surface area contributed by atoms with Crippen LogP contribution in [0.25, 0.3) is 0 Å². The Morgan fingerprint density at radius 2 is 1.80 bits per heavy atom. The van der Waals surface area contributed by atoms with Gasteiger partial charge in [0.1, 0.15) is 17.6 Å². The van der Waals surface area contributed by atoms with Gasteiger partial charge in [-0.05, 0) is 19.3 Å². The smallest absolute Gasteiger partial charge is 0.224 e. The van der Waals surface area contributed by atoms with Crippen molar-refractivity contribution in [2.75, 3.05) is 19.5 Å². The number of hydrogen-bond donors (Lipinski definition) is 4. The molecule has 3 aliphatic rings. The summed E-state index contributed by atoms with van der Waals surface area (Å²) in [5, 5.41) is 27.6. The zero-order valence-corrected chi connectivity index (χ0v) is 18.0. The molecule has 0 bridgehead atoms. The monoisotopic (exact) mass is 435 g/mol. The molecule has 1 heterocycles. The Balaban J connectivity index is 1.49. The third kappa shape index (κ3) is 4.38. The highest BCUT2D eigenvalue weighted by atomic mass is 32.2. The minimum Gasteiger partial charge on any atom is -0.497 e. The number of benzene rings is 1. The molecule has 30 heavy (non-hydrogen) atoms. The lowest BCUT2D eigenvalue weighted by Gasteiger charge is -2.37. The van der Waals surface area contributed by atoms with Crippen molar-refractivity contribution in [1.82, 2.24) is 5.32 Å². The van der Waals surface area contributed by atoms with Crippen LogP contribution < -0.4 is 20.1 Å². The minimum absolute atomic E-state index is 0.0464. The average molecular weight is 436 g/mol. The molecule has 2 aliphatic carbocycles. The van der Waals surface area contributed by atoms with Crippen LogP contribution in [0.2, 0.25) is 0 Å². The molecule has 5 atom stereocenters. The zero-order chi connectivity index (χ0) is 21.3. The molecule has 4 rings (SSSR count). The number of carbonyl (C=O) groups excluding carboxylic acids is 1. The van der Waals surface area contributed by atoms with E-state index >= 15 is 0 Å². The second-order valence-electron chi connectivity index (χ2n) is 8.12. The molecule has 1 aliphatic heterocycles. The maximum atomic E-state index is 13.0. The first-order chi connectivity index (χ1) is 14.5. The van der Waals surface area contributed by atoms with Crippen molar-refractivity contribution in [2.24, 2.45) is 10.9 Å². The molecular weight excluding hydrogens is 406 g/mol. The summed E-state index contributed by atoms with van der Waals surface area (Å²) >= 11 is 1.44. The maximum Gasteiger partial charge on any atom is 0.224 e. The second-order valence-corrected chi connectivity index (χ2v) is 9.29. The highest BCUT2D eigenvalue weighted by Gasteiger charge is 2.50. The van der Waals surface area contributed by atoms with Gasteiger partial charge in [-0.15, -0.1) is 0 Å². The number of aliphatic hydroxyl groups is 2. The lowest BCUT2D eigenvalue weighted by molar-refractivity contribution is -0.130. The predicted octanol–water partition coefficient (Wildman–Crippen LogP) is 1.76. The quantitative estimate of drug-likeness (QED) is 0.557. The van der Waals surface area contributed by atoms with E-state index in [4.69, 9.17) is 9.47 Å². The standard InChI is InChI=1S/C21H29N3O5S/c1-28-13-7-12(8-14(9-13)29-2)23-21-24-17-18(26)16(25)10-15(19(17)30-21)20(27)22-11-5-3-4-6-11/h7-9,11,15-19,25-26H,3-6,10H2,1-2H3,(H,22,27)(H,23,24)/t15-,16+,17-,18-,19+/m0/s1. The summed E-state index contributed by atoms with van der Waals surface area (Å²) in [7, 11) is 3.17. The summed E-state index contributed by atoms with van der Waals surface area (Å²) in [6.45, 7) is 0. The van der Waals surface area contributed by atoms with E-state index in [1.54, 1.807) is 20.3 Å². The van der Waals surface area contributed by atoms with Crippen molar-refractivity contribution in [1.29, 1.82) is 0 Å². The van der Waals surface area contributed by atoms with Gasteiger partial charge in [-0.3, -0.25) is 9.79 Å². The first kappa shape index (κ1) is 21.3. The van der Waals surface area contributed by atoms with Gasteiger partial charge in [0.2, 0.25) is 5.91 Å². The number of carbonyl (C=O) groups is 1. The lowest BCUT2D eigenvalue weighted by Crippen LogP contribution is -2.54. The molecule has 1 amide bonds. The summed E-state index contributed by atoms with van der Waals surface area (Å²) in [6, 6.07) is 5.10. The number of amides is 1. The Morgan fingerprint density at radius 1 is 1.13 bits per heavy atom. The third-order valence-electron chi connectivity index (χ3n) is 6.13. The van der Waals surface area contributed by atoms with Crippen molar-refractivity contribution in [3.8, 4) is 11.5 Å². The minimum atomic E-state index is -0.989. The number of hydrogen-bond acceptors (Lipinski definition) is 8. The fourth-order valence-electron chi connectivity index (χ4n) is 4.49. The first-order valence-corrected chi connectivity index (χ1v) is 11.3. The second kappa shape index (κ2) is 9.03. The molecule has 4 N–H and O–H groups in total. The number of nitrogens with one attached hydrogen (secondary N) is 2. The van der Waals surface area contributed by atoms with Crippen molar-refractivity contribution in [3.63, 3.8) is 0 Å². The number of ether oxygens (including phenoxy) is 2. The van der Waals surface area contributed by atoms with Gasteiger partial charge < -0.3 is 30.3 Å². The number of anilines is 1. The van der Waals surface area contributed by atoms with Crippen molar-refractivity contribution in [2.45, 2.75) is 61.6 Å². The van der Waals surface area contributed by atoms with Gasteiger partial charge >= 0.3 is 0 Å². The van der Waals surface area contributed by atoms with Gasteiger partial charge in [0, 0.05) is 35.2 Å². The number of aliphatic imine (C=N–C) groups is 1. The molecular formula is C21H29N3O5S. The van der Waals surface area contributed by atoms with E-state index in [0.29, 0.717) is 16.7 Å². The van der Waals surface area contributed by atoms with E-state index in [1.165, 1.54) is 11.8 Å². The van der Waals surface area contributed by atoms with E-state index in [2.05, 4.69) is 15.6 Å². The Hall–Kier alpha value is -1.97. The van der Waals surface area contributed by atoms with Crippen LogP contribution in [0.1, 0.15) is 32.1 Å². The van der Waals surface area contributed by atoms with Crippen molar-refractivity contribution < 1.29 is 24.5 Å². The third-order valence-corrected chi connectivity index (χ3v) is 7.44. The maximum absolute atomic E-state index is 13.0. The highest BCUT2D eigenvalue weighted by molar-refractivity contribution is 8.15. The molecule has 2 fully saturated rings. The Labute approximate surface area is 180 Å². The molecule has 164 valence electrons. The number of aliphatic hydroxyl groups excluding tert-OH is 2. The van der Waals surface area contributed by atoms with Crippen LogP contribution in [-0.2, 0) is 4.79 Å². The first-order valence-electron chi connectivity index (χ1n) is 10.4. The van der Waals surface area contributed by atoms with Crippen molar-refractivity contribution >= 4 is 28.5 Å². The highest BCUT2D eigenvalue weighted by Crippen LogP contribution is 2.42. The summed E-state index contributed by atoms with van der Waals surface area (Å²) in [4.78, 5) is 17.6. The molecule has 0 aromatic heterocycles. The van der Waals surface area contributed by atoms with Crippen LogP contribution in [0.5, 0.6) is 11.5 Å². The van der Waals surface area contributed by atoms with Crippen molar-refractivity contribution in [3.05, 3.63) is 18.2 Å². The molecule has 8 nitrogen and oxygen atoms in total. The average Bonchev–Trinajstić information content (AvgIpc) is 3.40. The van der Waals surface area contributed by atoms with E-state index < -0.39 is 24.2 Å². The van der Waals surface area contributed by atoms with E-state index in [-0.39, 0.29) is 23.6 Å². The number of nitrogens with zero attached hydrogens (tertiary/aromatic N) is 1. The lowest BCUT2D eigenvalue weighted by atomic mass is 9.81. The van der Waals surface area contributed by atoms with Crippen LogP contribution in [0.15, 0.2) is 23.2 Å². The number of methoxy groups -OCH3 is 2. The predicted molar refractivity (Wildman–Crippen MR) is 116 cm³/mol. The molecule has 0 spiro atoms. The van der Waals surface area contributed by atoms with E-state index in [1.807, 2.05) is 12.1 Å². The van der Waals surface area contributed by atoms with E-state index in [9.17, 15) is 15.0 Å². The van der Waals surface area contributed by atoms with Crippen LogP contribution in [-0.4, -0.2) is 65.0 Å². The SMILES string of the molecule is COc1cc(NC2=N[C@H]3[C@@H](O)[C@H](O)C[C@H](C(=O)NC4CCCC4)[C@H]3S2)cc(OC)c1. The Bertz CT molecular complexity index is 792. The number of thioether (sulfide) groups is 1. The number of amidine groups is 1. The van der Waals surface area contributed by atoms with Gasteiger partial charge in [-0.25, -0.2) is 0 Å². The largest absolute Gasteiger partial charge is 0.497 e. The molecule has 1 aromatic rings. The fourth-order valence-corrected chi connectivity index (χ4v) is 5.87. The summed E-state index contributed by atoms with van der Waals surface area (Å²) in [5.41, 5.74) is 0.734. The topological polar surface area (TPSA) is 112 Å². The molecule has 0 saturated heterocycles. The molecule has 0 radical (unpaired) electrons. The molecule has 1 aromatic carbocycles. The van der Waals surface area contributed by atoms with E-state index in [0.717, 1.165) is 31.4 Å². The van der Waals surface area contributed by atoms with Crippen LogP contribution in [0.3, 0.4) is 0 Å². The summed E-state index contributed by atoms with van der Waals surface area (Å²) in [6.07, 6.45) is 2.57. The molecule has 9 heteroatoms. The van der Waals surface area contributed by atoms with Crippen LogP contribution in [0, 0.1) is 5.92 Å². The summed E-state index contributed by atoms with van der Waals surface area (Å²) < 4.78 is 10.6. The van der Waals surface area contributed by atoms with Crippen LogP contribution >= 0.6 is 11.8 Å². The van der Waals surface area contributed by atoms with Gasteiger partial charge in [0.15, 0.2) is 5.17 Å². The van der Waals surface area contributed by atoms with Gasteiger partial charge in [-0.1, -0.05) is 24.6 Å². The fraction of sp³-hybridized carbons (Fsp3) is 0.619. The Kier molecular flexibility index (Phi) is 6.40. The number of fused-ring (bicyclic) bond motifs is 1. The van der Waals surface area contributed by atoms with Crippen LogP contribution in [0.4, 0.5) is 5.69 Å². The molecule has 2 saturated carbocycles. The summed E-state index contributed by atoms with van der Waals surface area (Å²) in [5.74, 6) is 0.834. The Morgan fingerprint density at radius 3 is 2.43 bits per heavy atom. The molecule has 0 unspecified atom stereocenters. The van der Waals surface area contributed by atoms with Gasteiger partial charge in [0.25, 0.3) is 0 Å². The van der Waals surface area contributed by atoms with Gasteiger partial charge in [-0.2, -0.15) is 0 Å². The van der Waals surface area contributed by atoms with Gasteiger partial charge in [0.05, 0.1) is 32.3 Å². The number of rotatable bonds is 5. The zero-order valence-electron chi connectivity index (χ0n) is 17.2. The normalized spacial score (nSPS) is 31.1.